The van der Waals surface area contributed by atoms with Gasteiger partial charge in [0, 0.05) is 24.6 Å². The van der Waals surface area contributed by atoms with E-state index in [1.165, 1.54) is 0 Å². The number of nitrogens with zero attached hydrogens (tertiary/aromatic N) is 2. The number of thiazole rings is 1. The quantitative estimate of drug-likeness (QED) is 0.887. The highest BCUT2D eigenvalue weighted by molar-refractivity contribution is 7.11. The highest BCUT2D eigenvalue weighted by Gasteiger charge is 2.23. The van der Waals surface area contributed by atoms with Crippen molar-refractivity contribution in [1.82, 2.24) is 15.2 Å². The number of amides is 2. The van der Waals surface area contributed by atoms with Crippen molar-refractivity contribution in [1.29, 1.82) is 0 Å². The van der Waals surface area contributed by atoms with Crippen molar-refractivity contribution in [2.24, 2.45) is 5.92 Å². The Morgan fingerprint density at radius 1 is 1.58 bits per heavy atom. The lowest BCUT2D eigenvalue weighted by molar-refractivity contribution is 0.129. The Morgan fingerprint density at radius 3 is 3.00 bits per heavy atom. The topological polar surface area (TPSA) is 65.5 Å². The van der Waals surface area contributed by atoms with E-state index in [2.05, 4.69) is 10.3 Å². The van der Waals surface area contributed by atoms with Gasteiger partial charge in [0.25, 0.3) is 0 Å². The fourth-order valence-corrected chi connectivity index (χ4v) is 3.28. The summed E-state index contributed by atoms with van der Waals surface area (Å²) in [6, 6.07) is -0.0383. The lowest BCUT2D eigenvalue weighted by Gasteiger charge is -2.31. The normalized spacial score (nSPS) is 19.5. The number of urea groups is 1. The maximum absolute atomic E-state index is 12.1. The summed E-state index contributed by atoms with van der Waals surface area (Å²) < 4.78 is 0. The molecule has 0 aliphatic carbocycles. The molecule has 1 unspecified atom stereocenters. The van der Waals surface area contributed by atoms with Gasteiger partial charge >= 0.3 is 6.03 Å². The van der Waals surface area contributed by atoms with Crippen molar-refractivity contribution in [3.05, 3.63) is 15.6 Å². The summed E-state index contributed by atoms with van der Waals surface area (Å²) in [7, 11) is 0. The summed E-state index contributed by atoms with van der Waals surface area (Å²) in [5.74, 6) is 0.229. The van der Waals surface area contributed by atoms with Gasteiger partial charge in [-0.3, -0.25) is 0 Å². The summed E-state index contributed by atoms with van der Waals surface area (Å²) in [6.07, 6.45) is 1.98. The minimum absolute atomic E-state index is 0.0383. The van der Waals surface area contributed by atoms with Crippen LogP contribution in [0.3, 0.4) is 0 Å². The van der Waals surface area contributed by atoms with Crippen molar-refractivity contribution in [2.75, 3.05) is 19.7 Å². The predicted octanol–water partition coefficient (Wildman–Crippen LogP) is 1.67. The molecular formula is C13H21N3O2S. The maximum Gasteiger partial charge on any atom is 0.317 e. The molecule has 0 radical (unpaired) electrons. The smallest absolute Gasteiger partial charge is 0.317 e. The van der Waals surface area contributed by atoms with Crippen LogP contribution in [0, 0.1) is 19.8 Å². The highest BCUT2D eigenvalue weighted by Crippen LogP contribution is 2.18. The number of aliphatic hydroxyl groups is 1. The van der Waals surface area contributed by atoms with Crippen LogP contribution in [0.4, 0.5) is 4.79 Å². The first-order valence-electron chi connectivity index (χ1n) is 6.66. The van der Waals surface area contributed by atoms with Gasteiger partial charge in [-0.25, -0.2) is 9.78 Å². The Balaban J connectivity index is 1.85. The van der Waals surface area contributed by atoms with Gasteiger partial charge in [0.15, 0.2) is 0 Å². The summed E-state index contributed by atoms with van der Waals surface area (Å²) in [5.41, 5.74) is 0.995. The van der Waals surface area contributed by atoms with E-state index in [1.54, 1.807) is 16.2 Å². The number of likely N-dealkylation sites (tertiary alicyclic amines) is 1. The van der Waals surface area contributed by atoms with E-state index < -0.39 is 0 Å². The zero-order valence-corrected chi connectivity index (χ0v) is 12.3. The summed E-state index contributed by atoms with van der Waals surface area (Å²) in [4.78, 5) is 19.3. The summed E-state index contributed by atoms with van der Waals surface area (Å²) in [6.45, 7) is 6.08. The van der Waals surface area contributed by atoms with E-state index in [0.29, 0.717) is 13.1 Å². The van der Waals surface area contributed by atoms with Crippen molar-refractivity contribution >= 4 is 17.4 Å². The van der Waals surface area contributed by atoms with Crippen LogP contribution in [0.2, 0.25) is 0 Å². The maximum atomic E-state index is 12.1. The van der Waals surface area contributed by atoms with Gasteiger partial charge in [-0.15, -0.1) is 11.3 Å². The number of rotatable bonds is 3. The molecule has 2 rings (SSSR count). The first-order chi connectivity index (χ1) is 9.10. The van der Waals surface area contributed by atoms with Gasteiger partial charge < -0.3 is 15.3 Å². The van der Waals surface area contributed by atoms with E-state index in [0.717, 1.165) is 35.0 Å². The van der Waals surface area contributed by atoms with E-state index in [-0.39, 0.29) is 18.6 Å². The second-order valence-electron chi connectivity index (χ2n) is 5.04. The molecule has 1 aliphatic rings. The van der Waals surface area contributed by atoms with Crippen LogP contribution in [-0.2, 0) is 6.54 Å². The fourth-order valence-electron chi connectivity index (χ4n) is 2.40. The molecule has 2 N–H and O–H groups in total. The fraction of sp³-hybridized carbons (Fsp3) is 0.692. The minimum atomic E-state index is -0.0383. The molecule has 1 fully saturated rings. The van der Waals surface area contributed by atoms with Crippen molar-refractivity contribution in [2.45, 2.75) is 33.2 Å². The lowest BCUT2D eigenvalue weighted by Crippen LogP contribution is -2.45. The zero-order valence-electron chi connectivity index (χ0n) is 11.5. The Bertz CT molecular complexity index is 447. The number of aliphatic hydroxyl groups excluding tert-OH is 1. The van der Waals surface area contributed by atoms with E-state index >= 15 is 0 Å². The number of carbonyl (C=O) groups excluding carboxylic acids is 1. The Kier molecular flexibility index (Phi) is 4.76. The summed E-state index contributed by atoms with van der Waals surface area (Å²) in [5, 5.41) is 13.1. The van der Waals surface area contributed by atoms with Crippen LogP contribution in [0.1, 0.15) is 28.4 Å². The number of nitrogens with one attached hydrogen (secondary N) is 1. The number of carbonyl (C=O) groups is 1. The second-order valence-corrected chi connectivity index (χ2v) is 6.32. The van der Waals surface area contributed by atoms with Gasteiger partial charge in [-0.2, -0.15) is 0 Å². The van der Waals surface area contributed by atoms with Gasteiger partial charge in [-0.05, 0) is 32.6 Å². The molecule has 0 bridgehead atoms. The number of hydrogen-bond donors (Lipinski definition) is 2. The van der Waals surface area contributed by atoms with Crippen molar-refractivity contribution in [3.8, 4) is 0 Å². The van der Waals surface area contributed by atoms with Crippen LogP contribution < -0.4 is 5.32 Å². The molecule has 1 aromatic rings. The molecule has 1 atom stereocenters. The Hall–Kier alpha value is -1.14. The summed E-state index contributed by atoms with van der Waals surface area (Å²) >= 11 is 1.62. The average Bonchev–Trinajstić information content (AvgIpc) is 2.74. The first kappa shape index (κ1) is 14.3. The molecule has 6 heteroatoms. The molecule has 1 saturated heterocycles. The highest BCUT2D eigenvalue weighted by atomic mass is 32.1. The Morgan fingerprint density at radius 2 is 2.37 bits per heavy atom. The SMILES string of the molecule is Cc1nc(C)c(CNC(=O)N2CCCC(CO)C2)s1. The van der Waals surface area contributed by atoms with Crippen molar-refractivity contribution < 1.29 is 9.90 Å². The van der Waals surface area contributed by atoms with E-state index in [1.807, 2.05) is 13.8 Å². The van der Waals surface area contributed by atoms with Gasteiger partial charge in [-0.1, -0.05) is 0 Å². The van der Waals surface area contributed by atoms with Crippen LogP contribution in [0.25, 0.3) is 0 Å². The standard InChI is InChI=1S/C13H21N3O2S/c1-9-12(19-10(2)15-9)6-14-13(18)16-5-3-4-11(7-16)8-17/h11,17H,3-8H2,1-2H3,(H,14,18). The first-order valence-corrected chi connectivity index (χ1v) is 7.48. The molecule has 5 nitrogen and oxygen atoms in total. The van der Waals surface area contributed by atoms with Gasteiger partial charge in [0.05, 0.1) is 17.2 Å². The number of aromatic nitrogens is 1. The van der Waals surface area contributed by atoms with Gasteiger partial charge in [0.2, 0.25) is 0 Å². The monoisotopic (exact) mass is 283 g/mol. The van der Waals surface area contributed by atoms with Crippen LogP contribution >= 0.6 is 11.3 Å². The molecule has 106 valence electrons. The third kappa shape index (κ3) is 3.67. The van der Waals surface area contributed by atoms with Crippen LogP contribution in [-0.4, -0.2) is 40.7 Å². The van der Waals surface area contributed by atoms with Crippen molar-refractivity contribution in [3.63, 3.8) is 0 Å². The number of piperidine rings is 1. The Labute approximate surface area is 117 Å². The molecule has 0 aromatic carbocycles. The zero-order chi connectivity index (χ0) is 13.8. The van der Waals surface area contributed by atoms with Crippen LogP contribution in [0.5, 0.6) is 0 Å². The minimum Gasteiger partial charge on any atom is -0.396 e. The molecule has 1 aliphatic heterocycles. The number of hydrogen-bond acceptors (Lipinski definition) is 4. The molecule has 19 heavy (non-hydrogen) atoms. The van der Waals surface area contributed by atoms with Crippen LogP contribution in [0.15, 0.2) is 0 Å². The molecule has 2 amide bonds. The van der Waals surface area contributed by atoms with Gasteiger partial charge in [0.1, 0.15) is 0 Å². The lowest BCUT2D eigenvalue weighted by atomic mass is 9.99. The molecule has 2 heterocycles. The average molecular weight is 283 g/mol. The molecule has 0 saturated carbocycles. The molecule has 1 aromatic heterocycles. The van der Waals surface area contributed by atoms with E-state index in [4.69, 9.17) is 0 Å². The second kappa shape index (κ2) is 6.34. The third-order valence-electron chi connectivity index (χ3n) is 3.46. The van der Waals surface area contributed by atoms with E-state index in [9.17, 15) is 9.90 Å². The molecule has 0 spiro atoms. The molecular weight excluding hydrogens is 262 g/mol. The number of aryl methyl sites for hydroxylation is 2. The third-order valence-corrected chi connectivity index (χ3v) is 4.54. The predicted molar refractivity (Wildman–Crippen MR) is 75.2 cm³/mol. The largest absolute Gasteiger partial charge is 0.396 e.